The average Bonchev–Trinajstić information content (AvgIpc) is 2.68. The van der Waals surface area contributed by atoms with Crippen molar-refractivity contribution in [1.29, 1.82) is 0 Å². The molecule has 8 heteroatoms. The number of hydrogen-bond donors (Lipinski definition) is 1. The molecule has 2 rings (SSSR count). The monoisotopic (exact) mass is 385 g/mol. The fourth-order valence-electron chi connectivity index (χ4n) is 3.10. The van der Waals surface area contributed by atoms with Crippen LogP contribution in [0.4, 0.5) is 8.78 Å². The lowest BCUT2D eigenvalue weighted by Crippen LogP contribution is -2.46. The summed E-state index contributed by atoms with van der Waals surface area (Å²) in [5, 5.41) is 2.85. The van der Waals surface area contributed by atoms with Gasteiger partial charge in [0.05, 0.1) is 7.11 Å². The van der Waals surface area contributed by atoms with Crippen LogP contribution in [-0.4, -0.2) is 75.2 Å². The summed E-state index contributed by atoms with van der Waals surface area (Å²) in [6.07, 6.45) is 1.92. The van der Waals surface area contributed by atoms with Crippen LogP contribution in [0.2, 0.25) is 0 Å². The Morgan fingerprint density at radius 1 is 1.15 bits per heavy atom. The number of halogens is 2. The van der Waals surface area contributed by atoms with Gasteiger partial charge in [0.2, 0.25) is 0 Å². The Morgan fingerprint density at radius 3 is 2.48 bits per heavy atom. The van der Waals surface area contributed by atoms with E-state index in [4.69, 9.17) is 4.74 Å². The minimum Gasteiger partial charge on any atom is -0.493 e. The second-order valence-electron chi connectivity index (χ2n) is 6.48. The van der Waals surface area contributed by atoms with E-state index in [1.54, 1.807) is 0 Å². The second-order valence-corrected chi connectivity index (χ2v) is 6.48. The van der Waals surface area contributed by atoms with Gasteiger partial charge in [-0.3, -0.25) is 4.79 Å². The predicted octanol–water partition coefficient (Wildman–Crippen LogP) is 2.44. The van der Waals surface area contributed by atoms with E-state index in [0.29, 0.717) is 12.1 Å². The Morgan fingerprint density at radius 2 is 1.85 bits per heavy atom. The van der Waals surface area contributed by atoms with Gasteiger partial charge in [0.1, 0.15) is 0 Å². The van der Waals surface area contributed by atoms with Gasteiger partial charge in [-0.1, -0.05) is 6.92 Å². The molecule has 1 fully saturated rings. The Hall–Kier alpha value is -1.93. The van der Waals surface area contributed by atoms with Crippen LogP contribution in [0.25, 0.3) is 0 Å². The van der Waals surface area contributed by atoms with Gasteiger partial charge in [-0.05, 0) is 44.1 Å². The number of nitrogens with one attached hydrogen (secondary N) is 1. The predicted molar refractivity (Wildman–Crippen MR) is 99.7 cm³/mol. The number of rotatable bonds is 10. The van der Waals surface area contributed by atoms with Crippen LogP contribution < -0.4 is 14.8 Å². The summed E-state index contributed by atoms with van der Waals surface area (Å²) < 4.78 is 34.1. The third kappa shape index (κ3) is 6.95. The first kappa shape index (κ1) is 21.4. The van der Waals surface area contributed by atoms with E-state index in [-0.39, 0.29) is 17.4 Å². The molecule has 1 aliphatic rings. The first-order valence-corrected chi connectivity index (χ1v) is 9.39. The minimum atomic E-state index is -2.94. The zero-order chi connectivity index (χ0) is 19.6. The van der Waals surface area contributed by atoms with E-state index in [9.17, 15) is 13.6 Å². The highest BCUT2D eigenvalue weighted by molar-refractivity contribution is 5.94. The number of piperazine rings is 1. The van der Waals surface area contributed by atoms with E-state index in [2.05, 4.69) is 26.8 Å². The van der Waals surface area contributed by atoms with Crippen molar-refractivity contribution in [2.24, 2.45) is 0 Å². The van der Waals surface area contributed by atoms with Crippen LogP contribution in [-0.2, 0) is 0 Å². The van der Waals surface area contributed by atoms with Crippen molar-refractivity contribution in [3.8, 4) is 11.5 Å². The molecule has 6 nitrogen and oxygen atoms in total. The smallest absolute Gasteiger partial charge is 0.387 e. The topological polar surface area (TPSA) is 54.0 Å². The minimum absolute atomic E-state index is 0.0905. The van der Waals surface area contributed by atoms with Gasteiger partial charge in [0, 0.05) is 38.3 Å². The molecule has 1 heterocycles. The maximum absolute atomic E-state index is 12.3. The van der Waals surface area contributed by atoms with Crippen molar-refractivity contribution >= 4 is 5.91 Å². The fraction of sp³-hybridized carbons (Fsp3) is 0.632. The maximum Gasteiger partial charge on any atom is 0.387 e. The molecule has 1 saturated heterocycles. The van der Waals surface area contributed by atoms with Gasteiger partial charge >= 0.3 is 6.61 Å². The number of benzene rings is 1. The lowest BCUT2D eigenvalue weighted by Gasteiger charge is -2.33. The zero-order valence-corrected chi connectivity index (χ0v) is 16.0. The largest absolute Gasteiger partial charge is 0.493 e. The summed E-state index contributed by atoms with van der Waals surface area (Å²) in [5.74, 6) is -0.241. The van der Waals surface area contributed by atoms with E-state index in [1.165, 1.54) is 25.3 Å². The van der Waals surface area contributed by atoms with Gasteiger partial charge in [0.15, 0.2) is 11.5 Å². The summed E-state index contributed by atoms with van der Waals surface area (Å²) in [5.41, 5.74) is 0.351. The molecule has 0 saturated carbocycles. The first-order valence-electron chi connectivity index (χ1n) is 9.39. The van der Waals surface area contributed by atoms with Crippen molar-refractivity contribution in [2.75, 3.05) is 52.9 Å². The lowest BCUT2D eigenvalue weighted by molar-refractivity contribution is -0.0512. The van der Waals surface area contributed by atoms with Gasteiger partial charge in [-0.25, -0.2) is 0 Å². The standard InChI is InChI=1S/C19H29F2N3O3/c1-3-23-10-12-24(13-11-23)9-5-4-8-22-18(25)15-6-7-16(27-19(20)21)17(14-15)26-2/h6-7,14,19H,3-5,8-13H2,1-2H3,(H,22,25). The molecule has 1 N–H and O–H groups in total. The van der Waals surface area contributed by atoms with Gasteiger partial charge in [-0.15, -0.1) is 0 Å². The van der Waals surface area contributed by atoms with Crippen molar-refractivity contribution in [3.05, 3.63) is 23.8 Å². The number of likely N-dealkylation sites (N-methyl/N-ethyl adjacent to an activating group) is 1. The van der Waals surface area contributed by atoms with Crippen LogP contribution in [0.5, 0.6) is 11.5 Å². The molecule has 0 radical (unpaired) electrons. The molecular formula is C19H29F2N3O3. The molecule has 1 amide bonds. The van der Waals surface area contributed by atoms with Crippen LogP contribution in [0, 0.1) is 0 Å². The van der Waals surface area contributed by atoms with Crippen molar-refractivity contribution < 1.29 is 23.0 Å². The van der Waals surface area contributed by atoms with Crippen LogP contribution in [0.15, 0.2) is 18.2 Å². The Bertz CT molecular complexity index is 594. The third-order valence-corrected chi connectivity index (χ3v) is 4.74. The first-order chi connectivity index (χ1) is 13.0. The average molecular weight is 385 g/mol. The van der Waals surface area contributed by atoms with E-state index in [0.717, 1.165) is 52.1 Å². The van der Waals surface area contributed by atoms with Crippen molar-refractivity contribution in [3.63, 3.8) is 0 Å². The molecule has 0 unspecified atom stereocenters. The SMILES string of the molecule is CCN1CCN(CCCCNC(=O)c2ccc(OC(F)F)c(OC)c2)CC1. The highest BCUT2D eigenvalue weighted by Gasteiger charge is 2.15. The Kier molecular flexibility index (Phi) is 8.74. The number of nitrogens with zero attached hydrogens (tertiary/aromatic N) is 2. The molecule has 0 bridgehead atoms. The molecule has 1 aromatic carbocycles. The van der Waals surface area contributed by atoms with Gasteiger partial charge in [0.25, 0.3) is 5.91 Å². The molecule has 1 aromatic rings. The molecule has 27 heavy (non-hydrogen) atoms. The number of ether oxygens (including phenoxy) is 2. The van der Waals surface area contributed by atoms with Crippen LogP contribution in [0.1, 0.15) is 30.1 Å². The summed E-state index contributed by atoms with van der Waals surface area (Å²) in [6.45, 7) is 6.43. The van der Waals surface area contributed by atoms with Crippen LogP contribution >= 0.6 is 0 Å². The number of unbranched alkanes of at least 4 members (excludes halogenated alkanes) is 1. The Balaban J connectivity index is 1.69. The summed E-state index contributed by atoms with van der Waals surface area (Å²) in [4.78, 5) is 17.1. The number of amides is 1. The number of alkyl halides is 2. The number of hydrogen-bond acceptors (Lipinski definition) is 5. The number of methoxy groups -OCH3 is 1. The van der Waals surface area contributed by atoms with Crippen molar-refractivity contribution in [2.45, 2.75) is 26.4 Å². The molecule has 152 valence electrons. The van der Waals surface area contributed by atoms with Crippen LogP contribution in [0.3, 0.4) is 0 Å². The molecule has 0 atom stereocenters. The second kappa shape index (κ2) is 11.0. The molecular weight excluding hydrogens is 356 g/mol. The van der Waals surface area contributed by atoms with Gasteiger partial charge in [-0.2, -0.15) is 8.78 Å². The normalized spacial score (nSPS) is 15.7. The number of carbonyl (C=O) groups excluding carboxylic acids is 1. The lowest BCUT2D eigenvalue weighted by atomic mass is 10.2. The third-order valence-electron chi connectivity index (χ3n) is 4.74. The highest BCUT2D eigenvalue weighted by Crippen LogP contribution is 2.29. The van der Waals surface area contributed by atoms with E-state index < -0.39 is 6.61 Å². The summed E-state index contributed by atoms with van der Waals surface area (Å²) in [6, 6.07) is 4.17. The van der Waals surface area contributed by atoms with E-state index >= 15 is 0 Å². The molecule has 1 aliphatic heterocycles. The molecule has 0 aromatic heterocycles. The highest BCUT2D eigenvalue weighted by atomic mass is 19.3. The fourth-order valence-corrected chi connectivity index (χ4v) is 3.10. The quantitative estimate of drug-likeness (QED) is 0.627. The number of carbonyl (C=O) groups is 1. The molecule has 0 aliphatic carbocycles. The Labute approximate surface area is 159 Å². The zero-order valence-electron chi connectivity index (χ0n) is 16.0. The summed E-state index contributed by atoms with van der Waals surface area (Å²) in [7, 11) is 1.34. The van der Waals surface area contributed by atoms with Gasteiger partial charge < -0.3 is 24.6 Å². The van der Waals surface area contributed by atoms with E-state index in [1.807, 2.05) is 0 Å². The maximum atomic E-state index is 12.3. The van der Waals surface area contributed by atoms with Crippen molar-refractivity contribution in [1.82, 2.24) is 15.1 Å². The molecule has 0 spiro atoms. The summed E-state index contributed by atoms with van der Waals surface area (Å²) >= 11 is 0.